The molecule has 1 unspecified atom stereocenters. The van der Waals surface area contributed by atoms with Gasteiger partial charge in [0.05, 0.1) is 5.56 Å². The molecule has 0 saturated heterocycles. The Labute approximate surface area is 104 Å². The quantitative estimate of drug-likeness (QED) is 0.567. The molecule has 4 heteroatoms. The van der Waals surface area contributed by atoms with E-state index in [9.17, 15) is 15.0 Å². The van der Waals surface area contributed by atoms with Gasteiger partial charge in [0.15, 0.2) is 5.78 Å². The van der Waals surface area contributed by atoms with Gasteiger partial charge in [0, 0.05) is 11.8 Å². The molecule has 2 rings (SSSR count). The maximum Gasteiger partial charge on any atom is 0.199 e. The Kier molecular flexibility index (Phi) is 3.30. The molecular weight excluding hydrogens is 230 g/mol. The first-order valence-corrected chi connectivity index (χ1v) is 5.45. The molecule has 2 aromatic carbocycles. The van der Waals surface area contributed by atoms with Crippen LogP contribution in [0.1, 0.15) is 22.0 Å². The van der Waals surface area contributed by atoms with E-state index in [1.54, 1.807) is 30.3 Å². The summed E-state index contributed by atoms with van der Waals surface area (Å²) in [6, 6.07) is 12.7. The molecular formula is C14H13NO3. The van der Waals surface area contributed by atoms with Gasteiger partial charge in [0.2, 0.25) is 0 Å². The highest BCUT2D eigenvalue weighted by Crippen LogP contribution is 2.26. The molecule has 0 radical (unpaired) electrons. The highest BCUT2D eigenvalue weighted by atomic mass is 16.3. The van der Waals surface area contributed by atoms with Crippen LogP contribution < -0.4 is 5.73 Å². The fourth-order valence-corrected chi connectivity index (χ4v) is 1.69. The second-order valence-corrected chi connectivity index (χ2v) is 3.95. The lowest BCUT2D eigenvalue weighted by atomic mass is 9.99. The SMILES string of the molecule is Nc1ccc(C(=O)C(O)c2ccccc2)c(O)c1. The molecule has 0 aromatic heterocycles. The van der Waals surface area contributed by atoms with Crippen LogP contribution in [0.2, 0.25) is 0 Å². The summed E-state index contributed by atoms with van der Waals surface area (Å²) in [6.45, 7) is 0. The zero-order chi connectivity index (χ0) is 13.1. The molecule has 0 aliphatic heterocycles. The zero-order valence-corrected chi connectivity index (χ0v) is 9.58. The standard InChI is InChI=1S/C14H13NO3/c15-10-6-7-11(12(16)8-10)14(18)13(17)9-4-2-1-3-5-9/h1-8,13,16-17H,15H2. The Balaban J connectivity index is 2.32. The summed E-state index contributed by atoms with van der Waals surface area (Å²) in [5.74, 6) is -0.784. The number of anilines is 1. The number of Topliss-reactive ketones (excluding diaryl/α,β-unsaturated/α-hetero) is 1. The number of aliphatic hydroxyl groups excluding tert-OH is 1. The predicted octanol–water partition coefficient (Wildman–Crippen LogP) is 1.89. The van der Waals surface area contributed by atoms with Crippen molar-refractivity contribution in [3.8, 4) is 5.75 Å². The fourth-order valence-electron chi connectivity index (χ4n) is 1.69. The van der Waals surface area contributed by atoms with E-state index in [2.05, 4.69) is 0 Å². The fraction of sp³-hybridized carbons (Fsp3) is 0.0714. The summed E-state index contributed by atoms with van der Waals surface area (Å²) in [4.78, 5) is 12.0. The molecule has 4 N–H and O–H groups in total. The summed E-state index contributed by atoms with van der Waals surface area (Å²) >= 11 is 0. The third kappa shape index (κ3) is 2.33. The van der Waals surface area contributed by atoms with Crippen LogP contribution in [0.25, 0.3) is 0 Å². The monoisotopic (exact) mass is 243 g/mol. The van der Waals surface area contributed by atoms with E-state index in [0.717, 1.165) is 0 Å². The van der Waals surface area contributed by atoms with Gasteiger partial charge in [0.1, 0.15) is 11.9 Å². The topological polar surface area (TPSA) is 83.6 Å². The number of carbonyl (C=O) groups excluding carboxylic acids is 1. The summed E-state index contributed by atoms with van der Waals surface area (Å²) in [5.41, 5.74) is 6.38. The first-order valence-electron chi connectivity index (χ1n) is 5.45. The number of nitrogens with two attached hydrogens (primary N) is 1. The summed E-state index contributed by atoms with van der Waals surface area (Å²) in [7, 11) is 0. The van der Waals surface area contributed by atoms with Crippen LogP contribution in [0.5, 0.6) is 5.75 Å². The molecule has 0 aliphatic rings. The minimum atomic E-state index is -1.29. The van der Waals surface area contributed by atoms with Gasteiger partial charge in [0.25, 0.3) is 0 Å². The van der Waals surface area contributed by atoms with Gasteiger partial charge in [-0.15, -0.1) is 0 Å². The first kappa shape index (κ1) is 12.1. The molecule has 0 fully saturated rings. The van der Waals surface area contributed by atoms with Gasteiger partial charge < -0.3 is 15.9 Å². The summed E-state index contributed by atoms with van der Waals surface area (Å²) in [6.07, 6.45) is -1.29. The maximum absolute atomic E-state index is 12.0. The van der Waals surface area contributed by atoms with Crippen LogP contribution >= 0.6 is 0 Å². The summed E-state index contributed by atoms with van der Waals surface area (Å²) < 4.78 is 0. The number of rotatable bonds is 3. The van der Waals surface area contributed by atoms with Crippen molar-refractivity contribution < 1.29 is 15.0 Å². The molecule has 4 nitrogen and oxygen atoms in total. The van der Waals surface area contributed by atoms with E-state index in [1.807, 2.05) is 0 Å². The van der Waals surface area contributed by atoms with Crippen LogP contribution in [-0.4, -0.2) is 16.0 Å². The van der Waals surface area contributed by atoms with E-state index in [-0.39, 0.29) is 11.3 Å². The number of hydrogen-bond donors (Lipinski definition) is 3. The number of benzene rings is 2. The molecule has 18 heavy (non-hydrogen) atoms. The number of carbonyl (C=O) groups is 1. The molecule has 1 atom stereocenters. The second kappa shape index (κ2) is 4.89. The largest absolute Gasteiger partial charge is 0.507 e. The Morgan fingerprint density at radius 3 is 2.39 bits per heavy atom. The molecule has 0 bridgehead atoms. The zero-order valence-electron chi connectivity index (χ0n) is 9.58. The molecule has 0 spiro atoms. The number of ketones is 1. The van der Waals surface area contributed by atoms with Crippen molar-refractivity contribution in [3.63, 3.8) is 0 Å². The number of aliphatic hydroxyl groups is 1. The van der Waals surface area contributed by atoms with Gasteiger partial charge >= 0.3 is 0 Å². The third-order valence-electron chi connectivity index (χ3n) is 2.65. The predicted molar refractivity (Wildman–Crippen MR) is 68.3 cm³/mol. The highest BCUT2D eigenvalue weighted by molar-refractivity contribution is 6.02. The lowest BCUT2D eigenvalue weighted by Gasteiger charge is -2.11. The number of phenolic OH excluding ortho intramolecular Hbond substituents is 1. The third-order valence-corrected chi connectivity index (χ3v) is 2.65. The van der Waals surface area contributed by atoms with Crippen molar-refractivity contribution in [1.29, 1.82) is 0 Å². The van der Waals surface area contributed by atoms with E-state index in [1.165, 1.54) is 18.2 Å². The molecule has 0 saturated carbocycles. The van der Waals surface area contributed by atoms with Crippen molar-refractivity contribution in [2.45, 2.75) is 6.10 Å². The lowest BCUT2D eigenvalue weighted by molar-refractivity contribution is 0.0744. The van der Waals surface area contributed by atoms with E-state index >= 15 is 0 Å². The molecule has 92 valence electrons. The number of phenols is 1. The number of aromatic hydroxyl groups is 1. The average molecular weight is 243 g/mol. The van der Waals surface area contributed by atoms with Crippen LogP contribution in [0.4, 0.5) is 5.69 Å². The maximum atomic E-state index is 12.0. The molecule has 0 aliphatic carbocycles. The highest BCUT2D eigenvalue weighted by Gasteiger charge is 2.21. The smallest absolute Gasteiger partial charge is 0.199 e. The van der Waals surface area contributed by atoms with Crippen molar-refractivity contribution in [2.24, 2.45) is 0 Å². The van der Waals surface area contributed by atoms with Crippen LogP contribution in [0.15, 0.2) is 48.5 Å². The Morgan fingerprint density at radius 1 is 1.11 bits per heavy atom. The van der Waals surface area contributed by atoms with Crippen LogP contribution in [0.3, 0.4) is 0 Å². The van der Waals surface area contributed by atoms with Crippen LogP contribution in [-0.2, 0) is 0 Å². The van der Waals surface area contributed by atoms with E-state index in [4.69, 9.17) is 5.73 Å². The van der Waals surface area contributed by atoms with Crippen molar-refractivity contribution in [3.05, 3.63) is 59.7 Å². The normalized spacial score (nSPS) is 12.1. The Hall–Kier alpha value is -2.33. The van der Waals surface area contributed by atoms with E-state index < -0.39 is 11.9 Å². The number of hydrogen-bond acceptors (Lipinski definition) is 4. The minimum absolute atomic E-state index is 0.0561. The molecule has 0 amide bonds. The van der Waals surface area contributed by atoms with Crippen molar-refractivity contribution in [2.75, 3.05) is 5.73 Å². The number of nitrogen functional groups attached to an aromatic ring is 1. The minimum Gasteiger partial charge on any atom is -0.507 e. The Bertz CT molecular complexity index is 567. The van der Waals surface area contributed by atoms with Gasteiger partial charge in [-0.25, -0.2) is 0 Å². The van der Waals surface area contributed by atoms with Crippen molar-refractivity contribution in [1.82, 2.24) is 0 Å². The first-order chi connectivity index (χ1) is 8.59. The van der Waals surface area contributed by atoms with Crippen molar-refractivity contribution >= 4 is 11.5 Å². The van der Waals surface area contributed by atoms with Gasteiger partial charge in [-0.05, 0) is 17.7 Å². The summed E-state index contributed by atoms with van der Waals surface area (Å²) in [5, 5.41) is 19.6. The van der Waals surface area contributed by atoms with E-state index in [0.29, 0.717) is 11.3 Å². The molecule has 2 aromatic rings. The van der Waals surface area contributed by atoms with Gasteiger partial charge in [-0.3, -0.25) is 4.79 Å². The lowest BCUT2D eigenvalue weighted by Crippen LogP contribution is -2.12. The van der Waals surface area contributed by atoms with Gasteiger partial charge in [-0.1, -0.05) is 30.3 Å². The Morgan fingerprint density at radius 2 is 1.78 bits per heavy atom. The average Bonchev–Trinajstić information content (AvgIpc) is 2.38. The van der Waals surface area contributed by atoms with Crippen LogP contribution in [0, 0.1) is 0 Å². The second-order valence-electron chi connectivity index (χ2n) is 3.95. The van der Waals surface area contributed by atoms with Gasteiger partial charge in [-0.2, -0.15) is 0 Å². The molecule has 0 heterocycles.